The van der Waals surface area contributed by atoms with Crippen LogP contribution in [0.1, 0.15) is 5.56 Å². The number of anilines is 1. The summed E-state index contributed by atoms with van der Waals surface area (Å²) in [5, 5.41) is 4.61. The van der Waals surface area contributed by atoms with Gasteiger partial charge in [-0.05, 0) is 17.7 Å². The number of hydrogen-bond acceptors (Lipinski definition) is 3. The minimum absolute atomic E-state index is 0.675. The summed E-state index contributed by atoms with van der Waals surface area (Å²) in [6, 6.07) is 39.4. The van der Waals surface area contributed by atoms with Gasteiger partial charge in [0.25, 0.3) is 0 Å². The van der Waals surface area contributed by atoms with Crippen molar-refractivity contribution in [2.75, 3.05) is 5.32 Å². The molecule has 0 amide bonds. The Kier molecular flexibility index (Phi) is 4.81. The Morgan fingerprint density at radius 2 is 1.21 bits per heavy atom. The van der Waals surface area contributed by atoms with Gasteiger partial charge in [-0.1, -0.05) is 103 Å². The van der Waals surface area contributed by atoms with Crippen molar-refractivity contribution in [3.63, 3.8) is 0 Å². The third kappa shape index (κ3) is 3.52. The molecule has 1 N–H and O–H groups in total. The van der Waals surface area contributed by atoms with Crippen molar-refractivity contribution >= 4 is 22.5 Å². The van der Waals surface area contributed by atoms with E-state index in [1.165, 1.54) is 5.56 Å². The molecule has 0 bridgehead atoms. The standard InChI is InChI=1S/C29H22N4/c1-4-12-21(13-5-1)20-30-29-31-25-19-11-10-18-24(25)28-32-26(22-14-6-2-7-15-22)27(33(28)29)23-16-8-3-9-17-23/h1-19H,20H2,(H,30,31). The highest BCUT2D eigenvalue weighted by Crippen LogP contribution is 2.36. The number of imidazole rings is 1. The SMILES string of the molecule is c1ccc(CNc2nc3ccccc3c3nc(-c4ccccc4)c(-c4ccccc4)n23)cc1. The van der Waals surface area contributed by atoms with Gasteiger partial charge in [0.05, 0.1) is 16.9 Å². The van der Waals surface area contributed by atoms with E-state index in [-0.39, 0.29) is 0 Å². The van der Waals surface area contributed by atoms with Crippen LogP contribution in [0.5, 0.6) is 0 Å². The maximum absolute atomic E-state index is 5.19. The molecule has 0 saturated heterocycles. The van der Waals surface area contributed by atoms with Crippen LogP contribution in [-0.2, 0) is 6.54 Å². The van der Waals surface area contributed by atoms with Crippen LogP contribution in [-0.4, -0.2) is 14.4 Å². The van der Waals surface area contributed by atoms with Crippen molar-refractivity contribution < 1.29 is 0 Å². The van der Waals surface area contributed by atoms with Gasteiger partial charge in [0.15, 0.2) is 0 Å². The second kappa shape index (κ2) is 8.24. The van der Waals surface area contributed by atoms with Gasteiger partial charge in [-0.3, -0.25) is 4.40 Å². The van der Waals surface area contributed by atoms with Crippen molar-refractivity contribution in [2.24, 2.45) is 0 Å². The molecule has 0 spiro atoms. The molecule has 6 rings (SSSR count). The molecule has 0 radical (unpaired) electrons. The van der Waals surface area contributed by atoms with E-state index in [1.54, 1.807) is 0 Å². The molecule has 4 heteroatoms. The van der Waals surface area contributed by atoms with Crippen LogP contribution in [0.25, 0.3) is 39.1 Å². The molecule has 158 valence electrons. The lowest BCUT2D eigenvalue weighted by Gasteiger charge is -2.13. The monoisotopic (exact) mass is 426 g/mol. The lowest BCUT2D eigenvalue weighted by molar-refractivity contribution is 1.04. The predicted molar refractivity (Wildman–Crippen MR) is 135 cm³/mol. The van der Waals surface area contributed by atoms with Crippen molar-refractivity contribution in [3.05, 3.63) is 121 Å². The fraction of sp³-hybridized carbons (Fsp3) is 0.0345. The minimum Gasteiger partial charge on any atom is -0.351 e. The van der Waals surface area contributed by atoms with Crippen LogP contribution >= 0.6 is 0 Å². The molecular formula is C29H22N4. The van der Waals surface area contributed by atoms with Crippen LogP contribution in [0.15, 0.2) is 115 Å². The summed E-state index contributed by atoms with van der Waals surface area (Å²) in [6.07, 6.45) is 0. The smallest absolute Gasteiger partial charge is 0.210 e. The Hall–Kier alpha value is -4.44. The largest absolute Gasteiger partial charge is 0.351 e. The van der Waals surface area contributed by atoms with Gasteiger partial charge in [0, 0.05) is 23.1 Å². The van der Waals surface area contributed by atoms with Gasteiger partial charge in [-0.15, -0.1) is 0 Å². The first kappa shape index (κ1) is 19.3. The van der Waals surface area contributed by atoms with Gasteiger partial charge in [-0.25, -0.2) is 9.97 Å². The quantitative estimate of drug-likeness (QED) is 0.329. The Morgan fingerprint density at radius 1 is 0.606 bits per heavy atom. The summed E-state index contributed by atoms with van der Waals surface area (Å²) in [5.74, 6) is 0.779. The van der Waals surface area contributed by atoms with Crippen molar-refractivity contribution in [1.82, 2.24) is 14.4 Å². The Labute approximate surface area is 192 Å². The summed E-state index contributed by atoms with van der Waals surface area (Å²) in [4.78, 5) is 10.2. The second-order valence-corrected chi connectivity index (χ2v) is 7.99. The molecule has 0 fully saturated rings. The fourth-order valence-corrected chi connectivity index (χ4v) is 4.29. The number of hydrogen-bond donors (Lipinski definition) is 1. The molecule has 0 aliphatic heterocycles. The third-order valence-electron chi connectivity index (χ3n) is 5.85. The van der Waals surface area contributed by atoms with E-state index >= 15 is 0 Å². The molecule has 2 aromatic heterocycles. The Bertz CT molecular complexity index is 1540. The van der Waals surface area contributed by atoms with Gasteiger partial charge in [-0.2, -0.15) is 0 Å². The lowest BCUT2D eigenvalue weighted by atomic mass is 10.1. The highest BCUT2D eigenvalue weighted by Gasteiger charge is 2.21. The minimum atomic E-state index is 0.675. The first-order valence-corrected chi connectivity index (χ1v) is 11.1. The first-order valence-electron chi connectivity index (χ1n) is 11.1. The van der Waals surface area contributed by atoms with E-state index in [4.69, 9.17) is 9.97 Å². The normalized spacial score (nSPS) is 11.2. The summed E-state index contributed by atoms with van der Waals surface area (Å²) >= 11 is 0. The predicted octanol–water partition coefficient (Wildman–Crippen LogP) is 6.83. The summed E-state index contributed by atoms with van der Waals surface area (Å²) in [5.41, 5.74) is 7.18. The van der Waals surface area contributed by atoms with Crippen molar-refractivity contribution in [2.45, 2.75) is 6.54 Å². The molecule has 0 saturated carbocycles. The maximum Gasteiger partial charge on any atom is 0.210 e. The van der Waals surface area contributed by atoms with E-state index in [2.05, 4.69) is 88.6 Å². The van der Waals surface area contributed by atoms with Crippen LogP contribution in [0.3, 0.4) is 0 Å². The molecule has 0 atom stereocenters. The summed E-state index contributed by atoms with van der Waals surface area (Å²) in [7, 11) is 0. The molecule has 0 unspecified atom stereocenters. The maximum atomic E-state index is 5.19. The number of rotatable bonds is 5. The molecule has 33 heavy (non-hydrogen) atoms. The van der Waals surface area contributed by atoms with E-state index in [1.807, 2.05) is 36.4 Å². The zero-order valence-corrected chi connectivity index (χ0v) is 18.0. The average Bonchev–Trinajstić information content (AvgIpc) is 3.30. The zero-order valence-electron chi connectivity index (χ0n) is 18.0. The van der Waals surface area contributed by atoms with Crippen molar-refractivity contribution in [3.8, 4) is 22.5 Å². The molecule has 2 heterocycles. The number of benzene rings is 4. The summed E-state index contributed by atoms with van der Waals surface area (Å²) in [6.45, 7) is 0.675. The van der Waals surface area contributed by atoms with Crippen LogP contribution < -0.4 is 5.32 Å². The second-order valence-electron chi connectivity index (χ2n) is 7.99. The third-order valence-corrected chi connectivity index (χ3v) is 5.85. The Morgan fingerprint density at radius 3 is 1.94 bits per heavy atom. The van der Waals surface area contributed by atoms with Gasteiger partial charge in [0.2, 0.25) is 5.95 Å². The number of para-hydroxylation sites is 1. The molecule has 0 aliphatic rings. The van der Waals surface area contributed by atoms with Gasteiger partial charge in [0.1, 0.15) is 5.65 Å². The van der Waals surface area contributed by atoms with Crippen LogP contribution in [0.4, 0.5) is 5.95 Å². The van der Waals surface area contributed by atoms with E-state index in [9.17, 15) is 0 Å². The molecule has 0 aliphatic carbocycles. The van der Waals surface area contributed by atoms with E-state index in [0.29, 0.717) is 6.54 Å². The van der Waals surface area contributed by atoms with Crippen molar-refractivity contribution in [1.29, 1.82) is 0 Å². The number of aromatic nitrogens is 3. The number of nitrogens with one attached hydrogen (secondary N) is 1. The zero-order chi connectivity index (χ0) is 22.0. The number of fused-ring (bicyclic) bond motifs is 3. The summed E-state index contributed by atoms with van der Waals surface area (Å²) < 4.78 is 2.17. The number of nitrogens with zero attached hydrogens (tertiary/aromatic N) is 3. The molecule has 4 aromatic carbocycles. The topological polar surface area (TPSA) is 42.2 Å². The van der Waals surface area contributed by atoms with E-state index < -0.39 is 0 Å². The molecule has 4 nitrogen and oxygen atoms in total. The Balaban J connectivity index is 1.65. The average molecular weight is 427 g/mol. The lowest BCUT2D eigenvalue weighted by Crippen LogP contribution is -2.08. The molecule has 6 aromatic rings. The first-order chi connectivity index (χ1) is 16.4. The highest BCUT2D eigenvalue weighted by molar-refractivity contribution is 5.97. The van der Waals surface area contributed by atoms with Gasteiger partial charge >= 0.3 is 0 Å². The highest BCUT2D eigenvalue weighted by atomic mass is 15.2. The molecular weight excluding hydrogens is 404 g/mol. The van der Waals surface area contributed by atoms with Crippen LogP contribution in [0.2, 0.25) is 0 Å². The van der Waals surface area contributed by atoms with E-state index in [0.717, 1.165) is 45.0 Å². The fourth-order valence-electron chi connectivity index (χ4n) is 4.29. The van der Waals surface area contributed by atoms with Gasteiger partial charge < -0.3 is 5.32 Å². The van der Waals surface area contributed by atoms with Crippen LogP contribution in [0, 0.1) is 0 Å².